The SMILES string of the molecule is Brc1ccc2nc(-c3ccoc3)cn2c1. The van der Waals surface area contributed by atoms with Crippen molar-refractivity contribution < 1.29 is 4.42 Å². The van der Waals surface area contributed by atoms with E-state index in [-0.39, 0.29) is 0 Å². The lowest BCUT2D eigenvalue weighted by Gasteiger charge is -1.91. The Kier molecular flexibility index (Phi) is 1.89. The second-order valence-corrected chi connectivity index (χ2v) is 4.17. The number of hydrogen-bond acceptors (Lipinski definition) is 2. The Hall–Kier alpha value is -1.55. The van der Waals surface area contributed by atoms with E-state index < -0.39 is 0 Å². The first-order chi connectivity index (χ1) is 7.33. The van der Waals surface area contributed by atoms with E-state index >= 15 is 0 Å². The molecule has 15 heavy (non-hydrogen) atoms. The third-order valence-corrected chi connectivity index (χ3v) is 2.70. The zero-order chi connectivity index (χ0) is 10.3. The summed E-state index contributed by atoms with van der Waals surface area (Å²) in [5.41, 5.74) is 2.84. The summed E-state index contributed by atoms with van der Waals surface area (Å²) in [6.07, 6.45) is 7.29. The minimum atomic E-state index is 0.918. The molecular formula is C11H7BrN2O. The van der Waals surface area contributed by atoms with Gasteiger partial charge in [0.05, 0.1) is 18.2 Å². The van der Waals surface area contributed by atoms with Gasteiger partial charge in [-0.25, -0.2) is 4.98 Å². The van der Waals surface area contributed by atoms with Crippen LogP contribution in [0.2, 0.25) is 0 Å². The summed E-state index contributed by atoms with van der Waals surface area (Å²) in [5.74, 6) is 0. The summed E-state index contributed by atoms with van der Waals surface area (Å²) in [6.45, 7) is 0. The quantitative estimate of drug-likeness (QED) is 0.674. The Labute approximate surface area is 94.5 Å². The maximum atomic E-state index is 5.03. The lowest BCUT2D eigenvalue weighted by molar-refractivity contribution is 0.568. The summed E-state index contributed by atoms with van der Waals surface area (Å²) in [7, 11) is 0. The zero-order valence-corrected chi connectivity index (χ0v) is 9.31. The fraction of sp³-hybridized carbons (Fsp3) is 0. The Balaban J connectivity index is 2.22. The molecule has 3 aromatic heterocycles. The number of aromatic nitrogens is 2. The molecule has 3 aromatic rings. The number of furan rings is 1. The Bertz CT molecular complexity index is 598. The number of nitrogens with zero attached hydrogens (tertiary/aromatic N) is 2. The third-order valence-electron chi connectivity index (χ3n) is 2.23. The molecular weight excluding hydrogens is 256 g/mol. The van der Waals surface area contributed by atoms with Crippen molar-refractivity contribution >= 4 is 21.6 Å². The molecule has 74 valence electrons. The smallest absolute Gasteiger partial charge is 0.137 e. The van der Waals surface area contributed by atoms with Crippen molar-refractivity contribution in [1.29, 1.82) is 0 Å². The van der Waals surface area contributed by atoms with E-state index in [0.717, 1.165) is 21.4 Å². The summed E-state index contributed by atoms with van der Waals surface area (Å²) in [5, 5.41) is 0. The van der Waals surface area contributed by atoms with Crippen molar-refractivity contribution in [2.24, 2.45) is 0 Å². The van der Waals surface area contributed by atoms with Crippen LogP contribution in [0.25, 0.3) is 16.9 Å². The predicted molar refractivity (Wildman–Crippen MR) is 60.6 cm³/mol. The molecule has 0 aliphatic heterocycles. The summed E-state index contributed by atoms with van der Waals surface area (Å²) in [4.78, 5) is 4.48. The normalized spacial score (nSPS) is 11.0. The number of imidazole rings is 1. The molecule has 0 unspecified atom stereocenters. The average molecular weight is 263 g/mol. The van der Waals surface area contributed by atoms with Crippen molar-refractivity contribution in [3.05, 3.63) is 47.6 Å². The first kappa shape index (κ1) is 8.73. The number of halogens is 1. The van der Waals surface area contributed by atoms with Gasteiger partial charge in [0.2, 0.25) is 0 Å². The molecule has 0 saturated heterocycles. The van der Waals surface area contributed by atoms with E-state index in [0.29, 0.717) is 0 Å². The van der Waals surface area contributed by atoms with Crippen LogP contribution in [-0.4, -0.2) is 9.38 Å². The number of fused-ring (bicyclic) bond motifs is 1. The number of pyridine rings is 1. The highest BCUT2D eigenvalue weighted by molar-refractivity contribution is 9.10. The van der Waals surface area contributed by atoms with Gasteiger partial charge in [0, 0.05) is 22.4 Å². The summed E-state index contributed by atoms with van der Waals surface area (Å²) >= 11 is 3.42. The molecule has 3 heterocycles. The van der Waals surface area contributed by atoms with Gasteiger partial charge >= 0.3 is 0 Å². The minimum absolute atomic E-state index is 0.918. The van der Waals surface area contributed by atoms with Gasteiger partial charge in [0.25, 0.3) is 0 Å². The van der Waals surface area contributed by atoms with Gasteiger partial charge < -0.3 is 8.82 Å². The number of hydrogen-bond donors (Lipinski definition) is 0. The van der Waals surface area contributed by atoms with E-state index in [1.165, 1.54) is 0 Å². The Morgan fingerprint density at radius 3 is 2.93 bits per heavy atom. The second-order valence-electron chi connectivity index (χ2n) is 3.25. The Morgan fingerprint density at radius 2 is 2.13 bits per heavy atom. The maximum Gasteiger partial charge on any atom is 0.137 e. The standard InChI is InChI=1S/C11H7BrN2O/c12-9-1-2-11-13-10(6-14(11)5-9)8-3-4-15-7-8/h1-7H. The van der Waals surface area contributed by atoms with Crippen molar-refractivity contribution in [2.75, 3.05) is 0 Å². The van der Waals surface area contributed by atoms with Crippen LogP contribution in [0.15, 0.2) is 52.0 Å². The van der Waals surface area contributed by atoms with Gasteiger partial charge in [-0.1, -0.05) is 0 Å². The van der Waals surface area contributed by atoms with Gasteiger partial charge in [-0.05, 0) is 34.1 Å². The molecule has 3 nitrogen and oxygen atoms in total. The fourth-order valence-electron chi connectivity index (χ4n) is 1.51. The van der Waals surface area contributed by atoms with E-state index in [2.05, 4.69) is 20.9 Å². The third kappa shape index (κ3) is 1.47. The van der Waals surface area contributed by atoms with E-state index in [9.17, 15) is 0 Å². The second kappa shape index (κ2) is 3.24. The van der Waals surface area contributed by atoms with Gasteiger partial charge in [-0.15, -0.1) is 0 Å². The Morgan fingerprint density at radius 1 is 1.20 bits per heavy atom. The first-order valence-corrected chi connectivity index (χ1v) is 5.29. The van der Waals surface area contributed by atoms with E-state index in [1.807, 2.05) is 35.0 Å². The molecule has 0 saturated carbocycles. The largest absolute Gasteiger partial charge is 0.472 e. The first-order valence-electron chi connectivity index (χ1n) is 4.50. The maximum absolute atomic E-state index is 5.03. The van der Waals surface area contributed by atoms with Gasteiger partial charge in [-0.2, -0.15) is 0 Å². The highest BCUT2D eigenvalue weighted by Crippen LogP contribution is 2.20. The molecule has 0 spiro atoms. The molecule has 0 N–H and O–H groups in total. The van der Waals surface area contributed by atoms with Crippen LogP contribution in [0.4, 0.5) is 0 Å². The van der Waals surface area contributed by atoms with Crippen molar-refractivity contribution in [3.8, 4) is 11.3 Å². The van der Waals surface area contributed by atoms with Crippen molar-refractivity contribution in [3.63, 3.8) is 0 Å². The highest BCUT2D eigenvalue weighted by Gasteiger charge is 2.04. The lowest BCUT2D eigenvalue weighted by atomic mass is 10.3. The van der Waals surface area contributed by atoms with Gasteiger partial charge in [-0.3, -0.25) is 0 Å². The molecule has 0 fully saturated rings. The summed E-state index contributed by atoms with van der Waals surface area (Å²) < 4.78 is 8.04. The van der Waals surface area contributed by atoms with Crippen LogP contribution in [0, 0.1) is 0 Å². The van der Waals surface area contributed by atoms with Crippen LogP contribution in [0.5, 0.6) is 0 Å². The van der Waals surface area contributed by atoms with Crippen LogP contribution < -0.4 is 0 Å². The molecule has 4 heteroatoms. The number of rotatable bonds is 1. The van der Waals surface area contributed by atoms with Crippen LogP contribution in [0.1, 0.15) is 0 Å². The van der Waals surface area contributed by atoms with E-state index in [4.69, 9.17) is 4.42 Å². The minimum Gasteiger partial charge on any atom is -0.472 e. The molecule has 0 amide bonds. The zero-order valence-electron chi connectivity index (χ0n) is 7.72. The molecule has 0 bridgehead atoms. The molecule has 0 radical (unpaired) electrons. The van der Waals surface area contributed by atoms with Crippen molar-refractivity contribution in [1.82, 2.24) is 9.38 Å². The molecule has 0 aliphatic carbocycles. The topological polar surface area (TPSA) is 30.4 Å². The molecule has 3 rings (SSSR count). The monoisotopic (exact) mass is 262 g/mol. The molecule has 0 aromatic carbocycles. The lowest BCUT2D eigenvalue weighted by Crippen LogP contribution is -1.80. The van der Waals surface area contributed by atoms with Crippen LogP contribution >= 0.6 is 15.9 Å². The molecule has 0 aliphatic rings. The van der Waals surface area contributed by atoms with Gasteiger partial charge in [0.15, 0.2) is 0 Å². The van der Waals surface area contributed by atoms with E-state index in [1.54, 1.807) is 12.5 Å². The fourth-order valence-corrected chi connectivity index (χ4v) is 1.87. The highest BCUT2D eigenvalue weighted by atomic mass is 79.9. The summed E-state index contributed by atoms with van der Waals surface area (Å²) in [6, 6.07) is 5.84. The van der Waals surface area contributed by atoms with Gasteiger partial charge in [0.1, 0.15) is 5.65 Å². The molecule has 0 atom stereocenters. The van der Waals surface area contributed by atoms with Crippen LogP contribution in [0.3, 0.4) is 0 Å². The average Bonchev–Trinajstić information content (AvgIpc) is 2.84. The van der Waals surface area contributed by atoms with Crippen LogP contribution in [-0.2, 0) is 0 Å². The van der Waals surface area contributed by atoms with Crippen molar-refractivity contribution in [2.45, 2.75) is 0 Å². The predicted octanol–water partition coefficient (Wildman–Crippen LogP) is 3.36.